The van der Waals surface area contributed by atoms with Crippen LogP contribution in [0.5, 0.6) is 0 Å². The summed E-state index contributed by atoms with van der Waals surface area (Å²) in [6.45, 7) is 0. The molecule has 0 saturated carbocycles. The van der Waals surface area contributed by atoms with Gasteiger partial charge in [-0.05, 0) is 12.1 Å². The molecule has 0 bridgehead atoms. The molecule has 0 fully saturated rings. The van der Waals surface area contributed by atoms with Crippen LogP contribution in [0.2, 0.25) is 0 Å². The van der Waals surface area contributed by atoms with Gasteiger partial charge in [-0.2, -0.15) is 0 Å². The Morgan fingerprint density at radius 1 is 1.55 bits per heavy atom. The van der Waals surface area contributed by atoms with E-state index in [1.165, 1.54) is 6.26 Å². The van der Waals surface area contributed by atoms with Crippen molar-refractivity contribution in [1.82, 2.24) is 4.98 Å². The van der Waals surface area contributed by atoms with E-state index in [4.69, 9.17) is 0 Å². The van der Waals surface area contributed by atoms with Gasteiger partial charge >= 0.3 is 0 Å². The summed E-state index contributed by atoms with van der Waals surface area (Å²) in [5.41, 5.74) is 0.968. The highest BCUT2D eigenvalue weighted by Crippen LogP contribution is 1.97. The number of aromatic amines is 1. The molecule has 1 heterocycles. The third kappa shape index (κ3) is 3.23. The van der Waals surface area contributed by atoms with Crippen LogP contribution in [0.3, 0.4) is 0 Å². The summed E-state index contributed by atoms with van der Waals surface area (Å²) in [4.78, 5) is 2.95. The number of hydrogen-bond donors (Lipinski definition) is 1. The maximum absolute atomic E-state index is 10.7. The lowest BCUT2D eigenvalue weighted by atomic mass is 10.3. The smallest absolute Gasteiger partial charge is 0.147 e. The number of rotatable bonds is 3. The molecule has 0 saturated heterocycles. The summed E-state index contributed by atoms with van der Waals surface area (Å²) in [7, 11) is -2.82. The predicted octanol–water partition coefficient (Wildman–Crippen LogP) is 0.602. The molecule has 1 N–H and O–H groups in total. The van der Waals surface area contributed by atoms with E-state index in [1.54, 1.807) is 6.20 Å². The monoisotopic (exact) mass is 173 g/mol. The molecule has 11 heavy (non-hydrogen) atoms. The first-order chi connectivity index (χ1) is 5.08. The molecule has 0 aromatic carbocycles. The average Bonchev–Trinajstić information content (AvgIpc) is 2.32. The molecular weight excluding hydrogens is 162 g/mol. The van der Waals surface area contributed by atoms with Gasteiger partial charge in [0.25, 0.3) is 0 Å². The second-order valence-electron chi connectivity index (χ2n) is 2.58. The molecule has 0 aliphatic carbocycles. The van der Waals surface area contributed by atoms with Gasteiger partial charge in [-0.1, -0.05) is 0 Å². The van der Waals surface area contributed by atoms with Crippen LogP contribution < -0.4 is 0 Å². The summed E-state index contributed by atoms with van der Waals surface area (Å²) in [5, 5.41) is 0. The van der Waals surface area contributed by atoms with Crippen molar-refractivity contribution < 1.29 is 8.42 Å². The Labute approximate surface area is 66.4 Å². The van der Waals surface area contributed by atoms with Crippen LogP contribution in [-0.4, -0.2) is 25.4 Å². The lowest BCUT2D eigenvalue weighted by Gasteiger charge is -1.94. The molecule has 1 rings (SSSR count). The van der Waals surface area contributed by atoms with Crippen molar-refractivity contribution in [3.8, 4) is 0 Å². The molecule has 62 valence electrons. The summed E-state index contributed by atoms with van der Waals surface area (Å²) in [6.07, 6.45) is 3.61. The highest BCUT2D eigenvalue weighted by atomic mass is 32.2. The van der Waals surface area contributed by atoms with E-state index in [0.717, 1.165) is 5.69 Å². The maximum atomic E-state index is 10.7. The van der Waals surface area contributed by atoms with Crippen LogP contribution in [0.4, 0.5) is 0 Å². The minimum Gasteiger partial charge on any atom is -0.365 e. The van der Waals surface area contributed by atoms with Gasteiger partial charge in [-0.15, -0.1) is 0 Å². The molecule has 3 nitrogen and oxygen atoms in total. The maximum Gasteiger partial charge on any atom is 0.147 e. The Morgan fingerprint density at radius 3 is 2.73 bits per heavy atom. The summed E-state index contributed by atoms with van der Waals surface area (Å²) in [6, 6.07) is 3.74. The Morgan fingerprint density at radius 2 is 2.27 bits per heavy atom. The molecule has 1 aromatic rings. The molecule has 0 unspecified atom stereocenters. The number of nitrogens with one attached hydrogen (secondary N) is 1. The van der Waals surface area contributed by atoms with Gasteiger partial charge in [0.05, 0.1) is 5.75 Å². The van der Waals surface area contributed by atoms with Crippen LogP contribution in [0, 0.1) is 0 Å². The lowest BCUT2D eigenvalue weighted by Crippen LogP contribution is -2.05. The van der Waals surface area contributed by atoms with Crippen molar-refractivity contribution in [3.05, 3.63) is 24.0 Å². The molecule has 1 aromatic heterocycles. The standard InChI is InChI=1S/C7H11NO2S/c1-11(9,10)6-4-7-3-2-5-8-7/h2-3,5,8H,4,6H2,1H3. The van der Waals surface area contributed by atoms with Gasteiger partial charge in [0.1, 0.15) is 9.84 Å². The molecule has 0 radical (unpaired) electrons. The third-order valence-corrected chi connectivity index (χ3v) is 2.35. The molecule has 0 amide bonds. The van der Waals surface area contributed by atoms with Crippen LogP contribution in [0.25, 0.3) is 0 Å². The van der Waals surface area contributed by atoms with Crippen LogP contribution >= 0.6 is 0 Å². The number of H-pyrrole nitrogens is 1. The number of aryl methyl sites for hydroxylation is 1. The summed E-state index contributed by atoms with van der Waals surface area (Å²) < 4.78 is 21.4. The van der Waals surface area contributed by atoms with E-state index < -0.39 is 9.84 Å². The lowest BCUT2D eigenvalue weighted by molar-refractivity contribution is 0.601. The van der Waals surface area contributed by atoms with E-state index in [0.29, 0.717) is 6.42 Å². The predicted molar refractivity (Wildman–Crippen MR) is 44.2 cm³/mol. The third-order valence-electron chi connectivity index (χ3n) is 1.40. The average molecular weight is 173 g/mol. The summed E-state index contributed by atoms with van der Waals surface area (Å²) >= 11 is 0. The molecule has 4 heteroatoms. The largest absolute Gasteiger partial charge is 0.365 e. The van der Waals surface area contributed by atoms with Crippen LogP contribution in [0.1, 0.15) is 5.69 Å². The van der Waals surface area contributed by atoms with Gasteiger partial charge in [0.15, 0.2) is 0 Å². The van der Waals surface area contributed by atoms with Crippen molar-refractivity contribution in [2.75, 3.05) is 12.0 Å². The van der Waals surface area contributed by atoms with Crippen molar-refractivity contribution in [2.24, 2.45) is 0 Å². The van der Waals surface area contributed by atoms with E-state index >= 15 is 0 Å². The Kier molecular flexibility index (Phi) is 2.34. The van der Waals surface area contributed by atoms with E-state index in [2.05, 4.69) is 4.98 Å². The first kappa shape index (κ1) is 8.33. The first-order valence-corrected chi connectivity index (χ1v) is 5.44. The number of hydrogen-bond acceptors (Lipinski definition) is 2. The van der Waals surface area contributed by atoms with E-state index in [-0.39, 0.29) is 5.75 Å². The zero-order valence-electron chi connectivity index (χ0n) is 6.37. The van der Waals surface area contributed by atoms with Crippen molar-refractivity contribution >= 4 is 9.84 Å². The topological polar surface area (TPSA) is 49.9 Å². The number of sulfone groups is 1. The Hall–Kier alpha value is -0.770. The van der Waals surface area contributed by atoms with Crippen LogP contribution in [0.15, 0.2) is 18.3 Å². The van der Waals surface area contributed by atoms with Crippen LogP contribution in [-0.2, 0) is 16.3 Å². The SMILES string of the molecule is CS(=O)(=O)CCc1ccc[nH]1. The Bertz CT molecular complexity index is 299. The molecular formula is C7H11NO2S. The second-order valence-corrected chi connectivity index (χ2v) is 4.83. The minimum atomic E-state index is -2.82. The first-order valence-electron chi connectivity index (χ1n) is 3.38. The van der Waals surface area contributed by atoms with Gasteiger partial charge < -0.3 is 4.98 Å². The second kappa shape index (κ2) is 3.09. The fourth-order valence-electron chi connectivity index (χ4n) is 0.818. The van der Waals surface area contributed by atoms with Gasteiger partial charge in [-0.25, -0.2) is 8.42 Å². The van der Waals surface area contributed by atoms with Crippen molar-refractivity contribution in [1.29, 1.82) is 0 Å². The molecule has 0 atom stereocenters. The molecule has 0 spiro atoms. The number of aromatic nitrogens is 1. The van der Waals surface area contributed by atoms with Gasteiger partial charge in [0, 0.05) is 24.6 Å². The normalized spacial score (nSPS) is 11.7. The fraction of sp³-hybridized carbons (Fsp3) is 0.429. The summed E-state index contributed by atoms with van der Waals surface area (Å²) in [5.74, 6) is 0.216. The zero-order valence-corrected chi connectivity index (χ0v) is 7.19. The van der Waals surface area contributed by atoms with E-state index in [1.807, 2.05) is 12.1 Å². The Balaban J connectivity index is 2.48. The molecule has 0 aliphatic rings. The highest BCUT2D eigenvalue weighted by Gasteiger charge is 2.02. The van der Waals surface area contributed by atoms with E-state index in [9.17, 15) is 8.42 Å². The van der Waals surface area contributed by atoms with Crippen molar-refractivity contribution in [3.63, 3.8) is 0 Å². The van der Waals surface area contributed by atoms with Gasteiger partial charge in [0.2, 0.25) is 0 Å². The van der Waals surface area contributed by atoms with Crippen molar-refractivity contribution in [2.45, 2.75) is 6.42 Å². The zero-order chi connectivity index (χ0) is 8.32. The van der Waals surface area contributed by atoms with Gasteiger partial charge in [-0.3, -0.25) is 0 Å². The fourth-order valence-corrected chi connectivity index (χ4v) is 1.41. The highest BCUT2D eigenvalue weighted by molar-refractivity contribution is 7.90. The molecule has 0 aliphatic heterocycles. The minimum absolute atomic E-state index is 0.216. The quantitative estimate of drug-likeness (QED) is 0.727.